The summed E-state index contributed by atoms with van der Waals surface area (Å²) in [5, 5.41) is 2.71. The molecule has 0 atom stereocenters. The predicted octanol–water partition coefficient (Wildman–Crippen LogP) is 4.98. The lowest BCUT2D eigenvalue weighted by atomic mass is 9.98. The predicted molar refractivity (Wildman–Crippen MR) is 76.2 cm³/mol. The highest BCUT2D eigenvalue weighted by molar-refractivity contribution is 5.85. The van der Waals surface area contributed by atoms with Crippen LogP contribution in [0.3, 0.4) is 0 Å². The van der Waals surface area contributed by atoms with Crippen LogP contribution in [0.4, 0.5) is 0 Å². The Hall–Kier alpha value is -1.56. The smallest absolute Gasteiger partial charge is 0.00886 e. The fourth-order valence-electron chi connectivity index (χ4n) is 1.98. The van der Waals surface area contributed by atoms with Crippen LogP contribution in [-0.4, -0.2) is 0 Å². The summed E-state index contributed by atoms with van der Waals surface area (Å²) < 4.78 is 0. The van der Waals surface area contributed by atoms with Crippen LogP contribution in [0.15, 0.2) is 54.1 Å². The number of hydrogen-bond donors (Lipinski definition) is 0. The van der Waals surface area contributed by atoms with Crippen molar-refractivity contribution in [2.45, 2.75) is 27.2 Å². The largest absolute Gasteiger partial charge is 0.0809 e. The van der Waals surface area contributed by atoms with Gasteiger partial charge in [-0.1, -0.05) is 68.0 Å². The minimum absolute atomic E-state index is 0.643. The van der Waals surface area contributed by atoms with Crippen molar-refractivity contribution in [3.8, 4) is 0 Å². The van der Waals surface area contributed by atoms with Crippen LogP contribution in [0.2, 0.25) is 0 Å². The van der Waals surface area contributed by atoms with Gasteiger partial charge in [0.25, 0.3) is 0 Å². The van der Waals surface area contributed by atoms with Gasteiger partial charge in [-0.2, -0.15) is 0 Å². The quantitative estimate of drug-likeness (QED) is 0.645. The Labute approximate surface area is 104 Å². The Morgan fingerprint density at radius 2 is 1.76 bits per heavy atom. The third kappa shape index (κ3) is 2.76. The van der Waals surface area contributed by atoms with Gasteiger partial charge in [-0.25, -0.2) is 0 Å². The Balaban J connectivity index is 2.33. The van der Waals surface area contributed by atoms with Crippen molar-refractivity contribution >= 4 is 10.8 Å². The van der Waals surface area contributed by atoms with E-state index in [1.807, 2.05) is 0 Å². The molecular formula is C17H20. The molecule has 0 fully saturated rings. The van der Waals surface area contributed by atoms with Crippen LogP contribution in [0.25, 0.3) is 10.8 Å². The molecule has 2 aromatic carbocycles. The summed E-state index contributed by atoms with van der Waals surface area (Å²) in [4.78, 5) is 0. The zero-order valence-electron chi connectivity index (χ0n) is 10.9. The van der Waals surface area contributed by atoms with E-state index in [4.69, 9.17) is 0 Å². The summed E-state index contributed by atoms with van der Waals surface area (Å²) in [6, 6.07) is 15.2. The summed E-state index contributed by atoms with van der Waals surface area (Å²) in [5.41, 5.74) is 2.89. The van der Waals surface area contributed by atoms with Gasteiger partial charge in [0.2, 0.25) is 0 Å². The highest BCUT2D eigenvalue weighted by atomic mass is 14.1. The molecule has 0 spiro atoms. The first kappa shape index (κ1) is 11.9. The van der Waals surface area contributed by atoms with Crippen LogP contribution in [-0.2, 0) is 6.42 Å². The van der Waals surface area contributed by atoms with Gasteiger partial charge in [0, 0.05) is 0 Å². The third-order valence-electron chi connectivity index (χ3n) is 3.43. The second kappa shape index (κ2) is 5.18. The summed E-state index contributed by atoms with van der Waals surface area (Å²) in [6.45, 7) is 6.71. The van der Waals surface area contributed by atoms with Gasteiger partial charge < -0.3 is 0 Å². The van der Waals surface area contributed by atoms with E-state index in [1.165, 1.54) is 21.9 Å². The van der Waals surface area contributed by atoms with Crippen molar-refractivity contribution in [3.63, 3.8) is 0 Å². The maximum absolute atomic E-state index is 2.35. The first-order valence-corrected chi connectivity index (χ1v) is 6.32. The Bertz CT molecular complexity index is 527. The molecule has 0 aliphatic carbocycles. The molecular weight excluding hydrogens is 204 g/mol. The zero-order valence-corrected chi connectivity index (χ0v) is 10.9. The minimum atomic E-state index is 0.643. The standard InChI is InChI=1S/C17H20/c1-13(2)14(3)11-12-16-9-6-8-15-7-4-5-10-17(15)16/h4-11,13H,12H2,1-3H3/b14-11-. The van der Waals surface area contributed by atoms with E-state index in [9.17, 15) is 0 Å². The van der Waals surface area contributed by atoms with Gasteiger partial charge in [0.15, 0.2) is 0 Å². The number of hydrogen-bond acceptors (Lipinski definition) is 0. The van der Waals surface area contributed by atoms with E-state index >= 15 is 0 Å². The molecule has 0 bridgehead atoms. The normalized spacial score (nSPS) is 12.4. The monoisotopic (exact) mass is 224 g/mol. The third-order valence-corrected chi connectivity index (χ3v) is 3.43. The van der Waals surface area contributed by atoms with E-state index in [2.05, 4.69) is 69.3 Å². The maximum atomic E-state index is 2.35. The van der Waals surface area contributed by atoms with Gasteiger partial charge in [0.1, 0.15) is 0 Å². The highest BCUT2D eigenvalue weighted by Crippen LogP contribution is 2.20. The van der Waals surface area contributed by atoms with Gasteiger partial charge in [0.05, 0.1) is 0 Å². The molecule has 88 valence electrons. The molecule has 2 rings (SSSR count). The molecule has 0 N–H and O–H groups in total. The molecule has 2 aromatic rings. The van der Waals surface area contributed by atoms with Crippen molar-refractivity contribution in [3.05, 3.63) is 59.7 Å². The Kier molecular flexibility index (Phi) is 3.63. The Morgan fingerprint density at radius 1 is 1.06 bits per heavy atom. The second-order valence-electron chi connectivity index (χ2n) is 4.95. The molecule has 0 aromatic heterocycles. The number of allylic oxidation sites excluding steroid dienone is 2. The van der Waals surface area contributed by atoms with Crippen molar-refractivity contribution < 1.29 is 0 Å². The Morgan fingerprint density at radius 3 is 2.53 bits per heavy atom. The molecule has 17 heavy (non-hydrogen) atoms. The fourth-order valence-corrected chi connectivity index (χ4v) is 1.98. The molecule has 0 unspecified atom stereocenters. The van der Waals surface area contributed by atoms with Crippen LogP contribution in [0.5, 0.6) is 0 Å². The van der Waals surface area contributed by atoms with Crippen LogP contribution in [0.1, 0.15) is 26.3 Å². The highest BCUT2D eigenvalue weighted by Gasteiger charge is 2.00. The molecule has 0 heteroatoms. The maximum Gasteiger partial charge on any atom is -0.00886 e. The number of rotatable bonds is 3. The van der Waals surface area contributed by atoms with Crippen molar-refractivity contribution in [1.82, 2.24) is 0 Å². The summed E-state index contributed by atoms with van der Waals surface area (Å²) >= 11 is 0. The average Bonchev–Trinajstić information content (AvgIpc) is 2.35. The molecule has 0 aliphatic rings. The summed E-state index contributed by atoms with van der Waals surface area (Å²) in [6.07, 6.45) is 3.39. The van der Waals surface area contributed by atoms with Crippen molar-refractivity contribution in [2.75, 3.05) is 0 Å². The minimum Gasteiger partial charge on any atom is -0.0809 e. The first-order valence-electron chi connectivity index (χ1n) is 6.32. The van der Waals surface area contributed by atoms with Gasteiger partial charge in [-0.15, -0.1) is 0 Å². The van der Waals surface area contributed by atoms with E-state index in [0.717, 1.165) is 6.42 Å². The second-order valence-corrected chi connectivity index (χ2v) is 4.95. The molecule has 0 heterocycles. The van der Waals surface area contributed by atoms with Crippen LogP contribution < -0.4 is 0 Å². The fraction of sp³-hybridized carbons (Fsp3) is 0.294. The molecule has 0 nitrogen and oxygen atoms in total. The summed E-state index contributed by atoms with van der Waals surface area (Å²) in [7, 11) is 0. The van der Waals surface area contributed by atoms with E-state index in [-0.39, 0.29) is 0 Å². The lowest BCUT2D eigenvalue weighted by Crippen LogP contribution is -1.91. The molecule has 0 aliphatic heterocycles. The number of benzene rings is 2. The van der Waals surface area contributed by atoms with E-state index < -0.39 is 0 Å². The van der Waals surface area contributed by atoms with E-state index in [0.29, 0.717) is 5.92 Å². The van der Waals surface area contributed by atoms with Gasteiger partial charge >= 0.3 is 0 Å². The lowest BCUT2D eigenvalue weighted by Gasteiger charge is -2.07. The molecule has 0 amide bonds. The molecule has 0 radical (unpaired) electrons. The molecule has 0 saturated carbocycles. The van der Waals surface area contributed by atoms with Gasteiger partial charge in [-0.05, 0) is 35.6 Å². The van der Waals surface area contributed by atoms with Crippen molar-refractivity contribution in [2.24, 2.45) is 5.92 Å². The van der Waals surface area contributed by atoms with Crippen LogP contribution >= 0.6 is 0 Å². The van der Waals surface area contributed by atoms with Gasteiger partial charge in [-0.3, -0.25) is 0 Å². The SMILES string of the molecule is C/C(=C/Cc1cccc2ccccc12)C(C)C. The number of fused-ring (bicyclic) bond motifs is 1. The topological polar surface area (TPSA) is 0 Å². The average molecular weight is 224 g/mol. The van der Waals surface area contributed by atoms with Crippen LogP contribution in [0, 0.1) is 5.92 Å². The summed E-state index contributed by atoms with van der Waals surface area (Å²) in [5.74, 6) is 0.643. The zero-order chi connectivity index (χ0) is 12.3. The van der Waals surface area contributed by atoms with Crippen molar-refractivity contribution in [1.29, 1.82) is 0 Å². The van der Waals surface area contributed by atoms with E-state index in [1.54, 1.807) is 0 Å². The first-order chi connectivity index (χ1) is 8.18. The molecule has 0 saturated heterocycles. The lowest BCUT2D eigenvalue weighted by molar-refractivity contribution is 0.764.